The highest BCUT2D eigenvalue weighted by molar-refractivity contribution is 6.32. The van der Waals surface area contributed by atoms with Crippen molar-refractivity contribution in [1.29, 1.82) is 0 Å². The van der Waals surface area contributed by atoms with E-state index in [-0.39, 0.29) is 42.3 Å². The van der Waals surface area contributed by atoms with Gasteiger partial charge in [-0.2, -0.15) is 4.99 Å². The molecule has 4 aliphatic rings. The zero-order valence-corrected chi connectivity index (χ0v) is 21.3. The van der Waals surface area contributed by atoms with Crippen LogP contribution in [0.4, 0.5) is 0 Å². The molecule has 0 saturated heterocycles. The number of isocyanates is 1. The van der Waals surface area contributed by atoms with Crippen LogP contribution in [0.2, 0.25) is 0 Å². The summed E-state index contributed by atoms with van der Waals surface area (Å²) in [6.45, 7) is 0. The number of aliphatic imine (C=N–C) groups is 1. The van der Waals surface area contributed by atoms with E-state index in [1.165, 1.54) is 11.0 Å². The fraction of sp³-hybridized carbons (Fsp3) is 0.375. The molecule has 182 valence electrons. The molecule has 1 heterocycles. The lowest BCUT2D eigenvalue weighted by Crippen LogP contribution is -2.38. The molecule has 0 spiro atoms. The molecule has 1 aromatic rings. The van der Waals surface area contributed by atoms with Crippen LogP contribution in [0.25, 0.3) is 0 Å². The lowest BCUT2D eigenvalue weighted by atomic mass is 10.1. The summed E-state index contributed by atoms with van der Waals surface area (Å²) in [7, 11) is 0. The maximum absolute atomic E-state index is 12.2. The summed E-state index contributed by atoms with van der Waals surface area (Å²) in [5.41, 5.74) is 6.44. The quantitative estimate of drug-likeness (QED) is 0.288. The Morgan fingerprint density at radius 2 is 1.38 bits per heavy atom. The predicted octanol–water partition coefficient (Wildman–Crippen LogP) is 5.83. The topological polar surface area (TPSA) is 92.8 Å². The molecule has 3 unspecified atom stereocenters. The van der Waals surface area contributed by atoms with Gasteiger partial charge in [0.25, 0.3) is 11.8 Å². The Labute approximate surface area is 219 Å². The number of benzene rings is 1. The minimum atomic E-state index is -0.274. The second-order valence-corrected chi connectivity index (χ2v) is 9.19. The van der Waals surface area contributed by atoms with Gasteiger partial charge in [0, 0.05) is 21.1 Å². The molecule has 0 saturated carbocycles. The number of halogens is 4. The molecular formula is C24H25Cl4N3O3. The number of rotatable bonds is 2. The van der Waals surface area contributed by atoms with Gasteiger partial charge in [-0.05, 0) is 50.7 Å². The van der Waals surface area contributed by atoms with E-state index in [4.69, 9.17) is 40.5 Å². The summed E-state index contributed by atoms with van der Waals surface area (Å²) < 4.78 is 0. The molecule has 0 aromatic heterocycles. The van der Waals surface area contributed by atoms with Crippen molar-refractivity contribution in [3.63, 3.8) is 0 Å². The van der Waals surface area contributed by atoms with Crippen molar-refractivity contribution in [3.8, 4) is 0 Å². The molecule has 3 atom stereocenters. The first-order valence-corrected chi connectivity index (χ1v) is 11.8. The van der Waals surface area contributed by atoms with Crippen LogP contribution in [0.3, 0.4) is 0 Å². The molecular weight excluding hydrogens is 520 g/mol. The summed E-state index contributed by atoms with van der Waals surface area (Å²) in [6.07, 6.45) is 12.6. The zero-order chi connectivity index (χ0) is 24.0. The highest BCUT2D eigenvalue weighted by atomic mass is 35.5. The number of amides is 2. The Hall–Kier alpha value is -1.92. The van der Waals surface area contributed by atoms with E-state index in [0.29, 0.717) is 21.2 Å². The number of fused-ring (bicyclic) bond motifs is 1. The average molecular weight is 545 g/mol. The summed E-state index contributed by atoms with van der Waals surface area (Å²) in [4.78, 5) is 38.8. The van der Waals surface area contributed by atoms with Gasteiger partial charge in [0.2, 0.25) is 6.08 Å². The van der Waals surface area contributed by atoms with Crippen LogP contribution >= 0.6 is 47.2 Å². The minimum Gasteiger partial charge on any atom is -0.323 e. The van der Waals surface area contributed by atoms with Crippen molar-refractivity contribution in [2.75, 3.05) is 0 Å². The van der Waals surface area contributed by atoms with E-state index >= 15 is 0 Å². The van der Waals surface area contributed by atoms with Gasteiger partial charge in [0.15, 0.2) is 0 Å². The van der Waals surface area contributed by atoms with Crippen molar-refractivity contribution in [1.82, 2.24) is 4.90 Å². The molecule has 5 rings (SSSR count). The first-order chi connectivity index (χ1) is 15.8. The van der Waals surface area contributed by atoms with Gasteiger partial charge >= 0.3 is 0 Å². The van der Waals surface area contributed by atoms with Gasteiger partial charge in [0.05, 0.1) is 23.2 Å². The van der Waals surface area contributed by atoms with Crippen LogP contribution in [-0.4, -0.2) is 40.9 Å². The van der Waals surface area contributed by atoms with Gasteiger partial charge in [-0.3, -0.25) is 14.5 Å². The number of nitrogens with zero attached hydrogens (tertiary/aromatic N) is 2. The number of imide groups is 1. The van der Waals surface area contributed by atoms with E-state index in [1.807, 2.05) is 18.2 Å². The summed E-state index contributed by atoms with van der Waals surface area (Å²) >= 11 is 17.3. The van der Waals surface area contributed by atoms with Crippen LogP contribution in [0.15, 0.2) is 62.6 Å². The lowest BCUT2D eigenvalue weighted by molar-refractivity contribution is 0.0612. The van der Waals surface area contributed by atoms with Crippen molar-refractivity contribution >= 4 is 65.1 Å². The van der Waals surface area contributed by atoms with Gasteiger partial charge in [-0.1, -0.05) is 65.2 Å². The molecule has 34 heavy (non-hydrogen) atoms. The van der Waals surface area contributed by atoms with Gasteiger partial charge in [-0.15, -0.1) is 12.4 Å². The fourth-order valence-electron chi connectivity index (χ4n) is 3.93. The average Bonchev–Trinajstić information content (AvgIpc) is 3.56. The largest absolute Gasteiger partial charge is 0.323 e. The van der Waals surface area contributed by atoms with E-state index in [9.17, 15) is 14.4 Å². The molecule has 2 amide bonds. The number of hydrogen-bond acceptors (Lipinski definition) is 5. The van der Waals surface area contributed by atoms with E-state index in [1.54, 1.807) is 24.3 Å². The molecule has 1 aliphatic heterocycles. The Kier molecular flexibility index (Phi) is 11.0. The van der Waals surface area contributed by atoms with E-state index < -0.39 is 0 Å². The number of carbonyl (C=O) groups excluding carboxylic acids is 3. The molecule has 0 fully saturated rings. The third-order valence-corrected chi connectivity index (χ3v) is 6.96. The Bertz CT molecular complexity index is 1030. The van der Waals surface area contributed by atoms with Gasteiger partial charge in [0.1, 0.15) is 0 Å². The van der Waals surface area contributed by atoms with E-state index in [0.717, 1.165) is 43.6 Å². The SMILES string of the molecule is Cl.NC1CCC=C1Cl.O=C1c2ccccc2C(=O)N1C1CCC=C1Cl.O=C=NC1CCC=C1Cl. The first-order valence-electron chi connectivity index (χ1n) is 10.7. The second-order valence-electron chi connectivity index (χ2n) is 7.88. The second kappa shape index (κ2) is 13.2. The van der Waals surface area contributed by atoms with Crippen molar-refractivity contribution in [2.45, 2.75) is 56.7 Å². The molecule has 1 aromatic carbocycles. The molecule has 6 nitrogen and oxygen atoms in total. The monoisotopic (exact) mass is 543 g/mol. The normalized spacial score (nSPS) is 24.4. The number of carbonyl (C=O) groups is 2. The molecule has 2 N–H and O–H groups in total. The third-order valence-electron chi connectivity index (χ3n) is 5.71. The highest BCUT2D eigenvalue weighted by Crippen LogP contribution is 2.33. The zero-order valence-electron chi connectivity index (χ0n) is 18.3. The number of allylic oxidation sites excluding steroid dienone is 3. The van der Waals surface area contributed by atoms with Crippen LogP contribution in [0.5, 0.6) is 0 Å². The number of hydrogen-bond donors (Lipinski definition) is 1. The van der Waals surface area contributed by atoms with Crippen LogP contribution in [0, 0.1) is 0 Å². The maximum atomic E-state index is 12.2. The standard InChI is InChI=1S/C13H10ClNO2.C6H6ClNO.C5H8ClN.ClH/c14-10-6-3-7-11(10)15-12(16)8-4-1-2-5-9(8)13(15)17;7-5-2-1-3-6(5)8-4-9;6-4-2-1-3-5(4)7;/h1-2,4-6,11H,3,7H2;2,6H,1,3H2;2,5H,1,3,7H2;1H. The first kappa shape index (κ1) is 28.3. The van der Waals surface area contributed by atoms with Gasteiger partial charge in [-0.25, -0.2) is 4.79 Å². The lowest BCUT2D eigenvalue weighted by Gasteiger charge is -2.22. The van der Waals surface area contributed by atoms with Crippen LogP contribution in [0.1, 0.15) is 59.2 Å². The Morgan fingerprint density at radius 3 is 1.76 bits per heavy atom. The smallest absolute Gasteiger partial charge is 0.262 e. The Balaban J connectivity index is 0.000000203. The maximum Gasteiger partial charge on any atom is 0.262 e. The summed E-state index contributed by atoms with van der Waals surface area (Å²) in [5, 5.41) is 2.11. The van der Waals surface area contributed by atoms with Crippen molar-refractivity contribution in [2.24, 2.45) is 10.7 Å². The molecule has 0 bridgehead atoms. The summed E-state index contributed by atoms with van der Waals surface area (Å²) in [5.74, 6) is -0.465. The molecule has 10 heteroatoms. The van der Waals surface area contributed by atoms with Gasteiger partial charge < -0.3 is 5.73 Å². The van der Waals surface area contributed by atoms with E-state index in [2.05, 4.69) is 4.99 Å². The Morgan fingerprint density at radius 1 is 0.853 bits per heavy atom. The molecule has 0 radical (unpaired) electrons. The predicted molar refractivity (Wildman–Crippen MR) is 137 cm³/mol. The fourth-order valence-corrected chi connectivity index (χ4v) is 4.73. The van der Waals surface area contributed by atoms with Crippen molar-refractivity contribution in [3.05, 3.63) is 68.7 Å². The number of nitrogens with two attached hydrogens (primary N) is 1. The third kappa shape index (κ3) is 6.60. The van der Waals surface area contributed by atoms with Crippen LogP contribution < -0.4 is 5.73 Å². The van der Waals surface area contributed by atoms with Crippen molar-refractivity contribution < 1.29 is 14.4 Å². The minimum absolute atomic E-state index is 0. The van der Waals surface area contributed by atoms with Crippen LogP contribution in [-0.2, 0) is 4.79 Å². The highest BCUT2D eigenvalue weighted by Gasteiger charge is 2.41. The molecule has 3 aliphatic carbocycles. The summed E-state index contributed by atoms with van der Waals surface area (Å²) in [6, 6.07) is 6.67.